The number of para-hydroxylation sites is 1. The Morgan fingerprint density at radius 3 is 2.78 bits per heavy atom. The number of esters is 1. The van der Waals surface area contributed by atoms with Crippen molar-refractivity contribution in [3.63, 3.8) is 0 Å². The molecule has 0 spiro atoms. The highest BCUT2D eigenvalue weighted by Gasteiger charge is 2.12. The highest BCUT2D eigenvalue weighted by Crippen LogP contribution is 2.25. The summed E-state index contributed by atoms with van der Waals surface area (Å²) in [6.45, 7) is 2.78. The van der Waals surface area contributed by atoms with Crippen molar-refractivity contribution in [2.75, 3.05) is 13.7 Å². The van der Waals surface area contributed by atoms with Crippen molar-refractivity contribution in [2.24, 2.45) is 0 Å². The van der Waals surface area contributed by atoms with Gasteiger partial charge < -0.3 is 15.2 Å². The third-order valence-corrected chi connectivity index (χ3v) is 2.90. The Morgan fingerprint density at radius 1 is 1.44 bits per heavy atom. The topological polar surface area (TPSA) is 58.6 Å². The van der Waals surface area contributed by atoms with E-state index in [0.29, 0.717) is 12.2 Å². The Hall–Kier alpha value is -1.55. The third-order valence-electron chi connectivity index (χ3n) is 2.90. The summed E-state index contributed by atoms with van der Waals surface area (Å²) in [5.41, 5.74) is 0.901. The van der Waals surface area contributed by atoms with Gasteiger partial charge in [0, 0.05) is 18.0 Å². The number of hydrogen-bond acceptors (Lipinski definition) is 4. The van der Waals surface area contributed by atoms with Crippen LogP contribution in [0.15, 0.2) is 24.3 Å². The molecule has 0 aromatic heterocycles. The number of phenols is 1. The second kappa shape index (κ2) is 7.71. The third kappa shape index (κ3) is 4.37. The van der Waals surface area contributed by atoms with Crippen LogP contribution < -0.4 is 5.32 Å². The Morgan fingerprint density at radius 2 is 2.17 bits per heavy atom. The molecule has 1 atom stereocenters. The molecule has 0 saturated carbocycles. The van der Waals surface area contributed by atoms with E-state index in [0.717, 1.165) is 24.9 Å². The Labute approximate surface area is 108 Å². The maximum atomic E-state index is 11.0. The molecule has 0 saturated heterocycles. The van der Waals surface area contributed by atoms with Crippen LogP contribution in [0, 0.1) is 0 Å². The van der Waals surface area contributed by atoms with Gasteiger partial charge in [0.2, 0.25) is 0 Å². The number of benzene rings is 1. The summed E-state index contributed by atoms with van der Waals surface area (Å²) in [6, 6.07) is 7.44. The first-order valence-electron chi connectivity index (χ1n) is 6.27. The fraction of sp³-hybridized carbons (Fsp3) is 0.500. The molecule has 1 unspecified atom stereocenters. The maximum absolute atomic E-state index is 11.0. The lowest BCUT2D eigenvalue weighted by atomic mass is 10.0. The first kappa shape index (κ1) is 14.5. The van der Waals surface area contributed by atoms with Crippen LogP contribution in [0.25, 0.3) is 0 Å². The molecule has 100 valence electrons. The van der Waals surface area contributed by atoms with Gasteiger partial charge in [0.15, 0.2) is 0 Å². The zero-order chi connectivity index (χ0) is 13.4. The lowest BCUT2D eigenvalue weighted by Gasteiger charge is -2.18. The van der Waals surface area contributed by atoms with Crippen molar-refractivity contribution in [3.8, 4) is 5.75 Å². The molecule has 18 heavy (non-hydrogen) atoms. The second-order valence-electron chi connectivity index (χ2n) is 4.15. The molecule has 1 aromatic carbocycles. The van der Waals surface area contributed by atoms with Gasteiger partial charge in [0.05, 0.1) is 7.11 Å². The van der Waals surface area contributed by atoms with Crippen LogP contribution in [-0.4, -0.2) is 24.7 Å². The minimum atomic E-state index is -0.188. The van der Waals surface area contributed by atoms with Gasteiger partial charge in [-0.15, -0.1) is 0 Å². The number of carbonyl (C=O) groups is 1. The van der Waals surface area contributed by atoms with Gasteiger partial charge in [-0.2, -0.15) is 0 Å². The van der Waals surface area contributed by atoms with E-state index < -0.39 is 0 Å². The van der Waals surface area contributed by atoms with Crippen molar-refractivity contribution in [3.05, 3.63) is 29.8 Å². The van der Waals surface area contributed by atoms with Crippen molar-refractivity contribution >= 4 is 5.97 Å². The predicted molar refractivity (Wildman–Crippen MR) is 70.4 cm³/mol. The number of carbonyl (C=O) groups excluding carboxylic acids is 1. The quantitative estimate of drug-likeness (QED) is 0.577. The lowest BCUT2D eigenvalue weighted by Crippen LogP contribution is -2.22. The highest BCUT2D eigenvalue weighted by molar-refractivity contribution is 5.69. The largest absolute Gasteiger partial charge is 0.508 e. The van der Waals surface area contributed by atoms with Gasteiger partial charge >= 0.3 is 5.97 Å². The fourth-order valence-electron chi connectivity index (χ4n) is 1.87. The van der Waals surface area contributed by atoms with Gasteiger partial charge in [-0.25, -0.2) is 0 Å². The van der Waals surface area contributed by atoms with Crippen LogP contribution >= 0.6 is 0 Å². The van der Waals surface area contributed by atoms with Crippen LogP contribution in [0.5, 0.6) is 5.75 Å². The van der Waals surface area contributed by atoms with Crippen LogP contribution in [0.4, 0.5) is 0 Å². The van der Waals surface area contributed by atoms with Crippen molar-refractivity contribution < 1.29 is 14.6 Å². The number of rotatable bonds is 7. The van der Waals surface area contributed by atoms with E-state index >= 15 is 0 Å². The number of ether oxygens (including phenoxy) is 1. The van der Waals surface area contributed by atoms with Crippen LogP contribution in [0.1, 0.15) is 37.8 Å². The number of phenolic OH excluding ortho intramolecular Hbond substituents is 1. The summed E-state index contributed by atoms with van der Waals surface area (Å²) in [4.78, 5) is 11.0. The molecule has 0 heterocycles. The van der Waals surface area contributed by atoms with E-state index in [4.69, 9.17) is 0 Å². The maximum Gasteiger partial charge on any atom is 0.305 e. The first-order chi connectivity index (χ1) is 8.69. The monoisotopic (exact) mass is 251 g/mol. The molecule has 0 aliphatic rings. The minimum Gasteiger partial charge on any atom is -0.508 e. The molecule has 2 N–H and O–H groups in total. The second-order valence-corrected chi connectivity index (χ2v) is 4.15. The average molecular weight is 251 g/mol. The fourth-order valence-corrected chi connectivity index (χ4v) is 1.87. The standard InChI is InChI=1S/C14H21NO3/c1-3-12(11-7-4-5-8-13(11)16)15-10-6-9-14(17)18-2/h4-5,7-8,12,15-16H,3,6,9-10H2,1-2H3. The molecule has 4 heteroatoms. The van der Waals surface area contributed by atoms with Gasteiger partial charge in [-0.1, -0.05) is 25.1 Å². The summed E-state index contributed by atoms with van der Waals surface area (Å²) in [7, 11) is 1.40. The molecule has 4 nitrogen and oxygen atoms in total. The van der Waals surface area contributed by atoms with E-state index in [1.54, 1.807) is 6.07 Å². The summed E-state index contributed by atoms with van der Waals surface area (Å²) in [6.07, 6.45) is 2.03. The van der Waals surface area contributed by atoms with E-state index in [-0.39, 0.29) is 12.0 Å². The van der Waals surface area contributed by atoms with E-state index in [1.807, 2.05) is 18.2 Å². The number of hydrogen-bond donors (Lipinski definition) is 2. The van der Waals surface area contributed by atoms with Crippen LogP contribution in [0.2, 0.25) is 0 Å². The van der Waals surface area contributed by atoms with E-state index in [1.165, 1.54) is 7.11 Å². The molecule has 0 fully saturated rings. The molecule has 1 aromatic rings. The molecule has 0 aliphatic heterocycles. The van der Waals surface area contributed by atoms with Crippen LogP contribution in [0.3, 0.4) is 0 Å². The van der Waals surface area contributed by atoms with Crippen LogP contribution in [-0.2, 0) is 9.53 Å². The molecule has 0 radical (unpaired) electrons. The molecule has 0 amide bonds. The number of aromatic hydroxyl groups is 1. The van der Waals surface area contributed by atoms with Crippen molar-refractivity contribution in [1.82, 2.24) is 5.32 Å². The van der Waals surface area contributed by atoms with E-state index in [9.17, 15) is 9.90 Å². The normalized spacial score (nSPS) is 12.1. The zero-order valence-electron chi connectivity index (χ0n) is 11.0. The molecule has 0 aliphatic carbocycles. The van der Waals surface area contributed by atoms with Crippen molar-refractivity contribution in [1.29, 1.82) is 0 Å². The first-order valence-corrected chi connectivity index (χ1v) is 6.27. The highest BCUT2D eigenvalue weighted by atomic mass is 16.5. The molecule has 0 bridgehead atoms. The summed E-state index contributed by atoms with van der Waals surface area (Å²) < 4.78 is 4.58. The van der Waals surface area contributed by atoms with E-state index in [2.05, 4.69) is 17.0 Å². The van der Waals surface area contributed by atoms with Crippen molar-refractivity contribution in [2.45, 2.75) is 32.2 Å². The Bertz CT molecular complexity index is 379. The Kier molecular flexibility index (Phi) is 6.22. The number of methoxy groups -OCH3 is 1. The molecular weight excluding hydrogens is 230 g/mol. The summed E-state index contributed by atoms with van der Waals surface area (Å²) in [5.74, 6) is 0.122. The zero-order valence-corrected chi connectivity index (χ0v) is 11.0. The van der Waals surface area contributed by atoms with Gasteiger partial charge in [-0.3, -0.25) is 4.79 Å². The Balaban J connectivity index is 2.43. The summed E-state index contributed by atoms with van der Waals surface area (Å²) in [5, 5.41) is 13.1. The SMILES string of the molecule is CCC(NCCCC(=O)OC)c1ccccc1O. The molecular formula is C14H21NO3. The number of nitrogens with one attached hydrogen (secondary N) is 1. The van der Waals surface area contributed by atoms with Gasteiger partial charge in [0.25, 0.3) is 0 Å². The summed E-state index contributed by atoms with van der Waals surface area (Å²) >= 11 is 0. The predicted octanol–water partition coefficient (Wildman–Crippen LogP) is 2.39. The minimum absolute atomic E-state index is 0.115. The molecule has 1 rings (SSSR count). The van der Waals surface area contributed by atoms with Gasteiger partial charge in [-0.05, 0) is 25.5 Å². The lowest BCUT2D eigenvalue weighted by molar-refractivity contribution is -0.140. The van der Waals surface area contributed by atoms with Gasteiger partial charge in [0.1, 0.15) is 5.75 Å². The smallest absolute Gasteiger partial charge is 0.305 e. The average Bonchev–Trinajstić information content (AvgIpc) is 2.40.